The number of hydrogen-bond donors (Lipinski definition) is 6. The summed E-state index contributed by atoms with van der Waals surface area (Å²) in [6.45, 7) is 2.39. The minimum absolute atomic E-state index is 0.0951. The molecule has 4 amide bonds. The average molecular weight is 528 g/mol. The van der Waals surface area contributed by atoms with Gasteiger partial charge < -0.3 is 32.1 Å². The standard InChI is InChI=1S/C23H37N5O5S2/c1-3-25-22(32)18(6-4-5-12-24)27-21(31)15-26-23(33)19(28-20(30)11-13-35-34-2)14-16-7-9-17(29)10-8-16/h7-10,18-19,29H,3-6,11-15,24H2,1-2H3,(H,25,32)(H,26,33)(H,27,31)(H,28,30). The van der Waals surface area contributed by atoms with Gasteiger partial charge in [0.25, 0.3) is 0 Å². The number of hydrogen-bond acceptors (Lipinski definition) is 8. The molecule has 0 heterocycles. The predicted octanol–water partition coefficient (Wildman–Crippen LogP) is 0.687. The van der Waals surface area contributed by atoms with Crippen LogP contribution in [0.3, 0.4) is 0 Å². The molecule has 0 spiro atoms. The maximum atomic E-state index is 12.9. The number of carbonyl (C=O) groups excluding carboxylic acids is 4. The second-order valence-electron chi connectivity index (χ2n) is 7.75. The zero-order valence-corrected chi connectivity index (χ0v) is 21.9. The summed E-state index contributed by atoms with van der Waals surface area (Å²) in [6.07, 6.45) is 4.22. The van der Waals surface area contributed by atoms with E-state index in [0.717, 1.165) is 12.0 Å². The summed E-state index contributed by atoms with van der Waals surface area (Å²) in [5.41, 5.74) is 6.25. The van der Waals surface area contributed by atoms with Gasteiger partial charge in [-0.25, -0.2) is 0 Å². The molecule has 1 aromatic rings. The van der Waals surface area contributed by atoms with Gasteiger partial charge in [-0.15, -0.1) is 0 Å². The minimum Gasteiger partial charge on any atom is -0.508 e. The molecular formula is C23H37N5O5S2. The molecule has 0 radical (unpaired) electrons. The van der Waals surface area contributed by atoms with E-state index in [9.17, 15) is 24.3 Å². The van der Waals surface area contributed by atoms with Gasteiger partial charge in [0.05, 0.1) is 6.54 Å². The van der Waals surface area contributed by atoms with Crippen LogP contribution in [0, 0.1) is 0 Å². The van der Waals surface area contributed by atoms with Crippen molar-refractivity contribution < 1.29 is 24.3 Å². The lowest BCUT2D eigenvalue weighted by atomic mass is 10.0. The first kappa shape index (κ1) is 30.6. The Labute approximate surface area is 214 Å². The third-order valence-corrected chi connectivity index (χ3v) is 6.74. The Hall–Kier alpha value is -2.44. The largest absolute Gasteiger partial charge is 0.508 e. The molecule has 7 N–H and O–H groups in total. The van der Waals surface area contributed by atoms with Crippen molar-refractivity contribution in [3.8, 4) is 5.75 Å². The maximum absolute atomic E-state index is 12.9. The summed E-state index contributed by atoms with van der Waals surface area (Å²) in [5, 5.41) is 20.1. The molecule has 35 heavy (non-hydrogen) atoms. The highest BCUT2D eigenvalue weighted by Gasteiger charge is 2.24. The summed E-state index contributed by atoms with van der Waals surface area (Å²) >= 11 is 0. The van der Waals surface area contributed by atoms with Gasteiger partial charge in [0.15, 0.2) is 0 Å². The molecule has 0 aliphatic rings. The fraction of sp³-hybridized carbons (Fsp3) is 0.565. The zero-order chi connectivity index (χ0) is 26.1. The predicted molar refractivity (Wildman–Crippen MR) is 141 cm³/mol. The molecule has 196 valence electrons. The van der Waals surface area contributed by atoms with Crippen LogP contribution in [0.1, 0.15) is 38.2 Å². The lowest BCUT2D eigenvalue weighted by Crippen LogP contribution is -2.52. The highest BCUT2D eigenvalue weighted by atomic mass is 33.1. The first-order valence-electron chi connectivity index (χ1n) is 11.6. The van der Waals surface area contributed by atoms with Crippen LogP contribution in [0.5, 0.6) is 5.75 Å². The van der Waals surface area contributed by atoms with Crippen LogP contribution in [0.25, 0.3) is 0 Å². The number of nitrogens with one attached hydrogen (secondary N) is 4. The summed E-state index contributed by atoms with van der Waals surface area (Å²) in [4.78, 5) is 49.9. The van der Waals surface area contributed by atoms with Crippen molar-refractivity contribution in [2.24, 2.45) is 5.73 Å². The van der Waals surface area contributed by atoms with E-state index >= 15 is 0 Å². The van der Waals surface area contributed by atoms with Gasteiger partial charge in [0.1, 0.15) is 17.8 Å². The van der Waals surface area contributed by atoms with Gasteiger partial charge in [-0.1, -0.05) is 33.7 Å². The minimum atomic E-state index is -0.900. The number of amides is 4. The van der Waals surface area contributed by atoms with Gasteiger partial charge in [-0.3, -0.25) is 19.2 Å². The van der Waals surface area contributed by atoms with Crippen LogP contribution < -0.4 is 27.0 Å². The molecule has 10 nitrogen and oxygen atoms in total. The molecule has 12 heteroatoms. The number of unbranched alkanes of at least 4 members (excludes halogenated alkanes) is 1. The van der Waals surface area contributed by atoms with Gasteiger partial charge in [0, 0.05) is 25.1 Å². The Balaban J connectivity index is 2.74. The number of likely N-dealkylation sites (N-methyl/N-ethyl adjacent to an activating group) is 1. The molecule has 2 atom stereocenters. The molecule has 0 aromatic heterocycles. The van der Waals surface area contributed by atoms with Crippen molar-refractivity contribution in [2.75, 3.05) is 31.6 Å². The molecule has 0 bridgehead atoms. The van der Waals surface area contributed by atoms with Crippen molar-refractivity contribution in [1.29, 1.82) is 0 Å². The Morgan fingerprint density at radius 3 is 2.26 bits per heavy atom. The van der Waals surface area contributed by atoms with E-state index in [1.807, 2.05) is 6.26 Å². The van der Waals surface area contributed by atoms with E-state index in [-0.39, 0.29) is 37.0 Å². The van der Waals surface area contributed by atoms with E-state index in [1.54, 1.807) is 40.6 Å². The van der Waals surface area contributed by atoms with Crippen LogP contribution in [0.4, 0.5) is 0 Å². The number of nitrogens with two attached hydrogens (primary N) is 1. The molecule has 0 saturated heterocycles. The lowest BCUT2D eigenvalue weighted by molar-refractivity contribution is -0.131. The molecule has 0 aliphatic heterocycles. The third kappa shape index (κ3) is 13.3. The van der Waals surface area contributed by atoms with E-state index in [2.05, 4.69) is 21.3 Å². The van der Waals surface area contributed by atoms with Gasteiger partial charge in [0.2, 0.25) is 23.6 Å². The van der Waals surface area contributed by atoms with Gasteiger partial charge in [-0.05, 0) is 56.7 Å². The van der Waals surface area contributed by atoms with Crippen LogP contribution in [0.15, 0.2) is 24.3 Å². The highest BCUT2D eigenvalue weighted by Crippen LogP contribution is 2.17. The number of rotatable bonds is 17. The summed E-state index contributed by atoms with van der Waals surface area (Å²) < 4.78 is 0. The Morgan fingerprint density at radius 2 is 1.63 bits per heavy atom. The molecule has 0 fully saturated rings. The molecule has 2 unspecified atom stereocenters. The van der Waals surface area contributed by atoms with Crippen molar-refractivity contribution in [1.82, 2.24) is 21.3 Å². The summed E-state index contributed by atoms with van der Waals surface area (Å²) in [6, 6.07) is 4.71. The van der Waals surface area contributed by atoms with E-state index in [0.29, 0.717) is 31.7 Å². The molecule has 0 aliphatic carbocycles. The van der Waals surface area contributed by atoms with Crippen LogP contribution in [-0.4, -0.2) is 72.5 Å². The quantitative estimate of drug-likeness (QED) is 0.127. The fourth-order valence-electron chi connectivity index (χ4n) is 3.16. The number of phenols is 1. The number of aromatic hydroxyl groups is 1. The van der Waals surface area contributed by atoms with Crippen LogP contribution in [-0.2, 0) is 25.6 Å². The van der Waals surface area contributed by atoms with Crippen molar-refractivity contribution >= 4 is 45.2 Å². The van der Waals surface area contributed by atoms with Gasteiger partial charge in [-0.2, -0.15) is 0 Å². The molecular weight excluding hydrogens is 490 g/mol. The van der Waals surface area contributed by atoms with Crippen LogP contribution in [0.2, 0.25) is 0 Å². The second kappa shape index (κ2) is 17.9. The van der Waals surface area contributed by atoms with Crippen LogP contribution >= 0.6 is 21.6 Å². The fourth-order valence-corrected chi connectivity index (χ4v) is 4.34. The summed E-state index contributed by atoms with van der Waals surface area (Å²) in [5.74, 6) is -0.882. The maximum Gasteiger partial charge on any atom is 0.243 e. The monoisotopic (exact) mass is 527 g/mol. The Bertz CT molecular complexity index is 810. The smallest absolute Gasteiger partial charge is 0.243 e. The number of carbonyl (C=O) groups is 4. The number of benzene rings is 1. The van der Waals surface area contributed by atoms with Crippen molar-refractivity contribution in [2.45, 2.75) is 51.1 Å². The average Bonchev–Trinajstić information content (AvgIpc) is 2.83. The summed E-state index contributed by atoms with van der Waals surface area (Å²) in [7, 11) is 3.10. The van der Waals surface area contributed by atoms with Gasteiger partial charge >= 0.3 is 0 Å². The van der Waals surface area contributed by atoms with E-state index in [1.165, 1.54) is 12.1 Å². The molecule has 1 aromatic carbocycles. The topological polar surface area (TPSA) is 163 Å². The Morgan fingerprint density at radius 1 is 0.971 bits per heavy atom. The zero-order valence-electron chi connectivity index (χ0n) is 20.3. The Kier molecular flexibility index (Phi) is 15.7. The van der Waals surface area contributed by atoms with Crippen molar-refractivity contribution in [3.63, 3.8) is 0 Å². The first-order chi connectivity index (χ1) is 16.8. The SMILES string of the molecule is CCNC(=O)C(CCCCN)NC(=O)CNC(=O)C(Cc1ccc(O)cc1)NC(=O)CCSSC. The van der Waals surface area contributed by atoms with E-state index < -0.39 is 23.9 Å². The number of phenolic OH excluding ortho intramolecular Hbond substituents is 1. The molecule has 0 saturated carbocycles. The first-order valence-corrected chi connectivity index (χ1v) is 14.3. The normalized spacial score (nSPS) is 12.3. The molecule has 1 rings (SSSR count). The third-order valence-electron chi connectivity index (χ3n) is 4.93. The second-order valence-corrected chi connectivity index (χ2v) is 10.4. The lowest BCUT2D eigenvalue weighted by Gasteiger charge is -2.20. The van der Waals surface area contributed by atoms with Crippen molar-refractivity contribution in [3.05, 3.63) is 29.8 Å². The highest BCUT2D eigenvalue weighted by molar-refractivity contribution is 8.76. The van der Waals surface area contributed by atoms with E-state index in [4.69, 9.17) is 5.73 Å².